The monoisotopic (exact) mass is 437 g/mol. The predicted molar refractivity (Wildman–Crippen MR) is 134 cm³/mol. The molecule has 1 fully saturated rings. The van der Waals surface area contributed by atoms with Gasteiger partial charge < -0.3 is 9.64 Å². The molecule has 0 aromatic carbocycles. The van der Waals surface area contributed by atoms with Gasteiger partial charge in [-0.15, -0.1) is 0 Å². The first-order valence-electron chi connectivity index (χ1n) is 13.5. The van der Waals surface area contributed by atoms with Gasteiger partial charge in [0.25, 0.3) is 0 Å². The summed E-state index contributed by atoms with van der Waals surface area (Å²) in [7, 11) is 4.09. The van der Waals surface area contributed by atoms with Gasteiger partial charge in [0, 0.05) is 13.0 Å². The lowest BCUT2D eigenvalue weighted by molar-refractivity contribution is -0.143. The summed E-state index contributed by atoms with van der Waals surface area (Å²) in [5.74, 6) is 5.54. The minimum absolute atomic E-state index is 0.0156. The molecule has 0 saturated heterocycles. The first kappa shape index (κ1) is 28.5. The Balaban J connectivity index is 1.97. The number of esters is 1. The third-order valence-electron chi connectivity index (χ3n) is 8.06. The molecule has 1 rings (SSSR count). The Morgan fingerprint density at radius 1 is 0.839 bits per heavy atom. The van der Waals surface area contributed by atoms with Crippen LogP contribution in [0.1, 0.15) is 112 Å². The molecule has 0 radical (unpaired) electrons. The molecular formula is C28H55NO2. The fourth-order valence-corrected chi connectivity index (χ4v) is 4.90. The standard InChI is InChI=1S/C28H55NO2/c1-8-22(2)24(4)19-26-21-27(26)20-25(5)23(3)15-12-10-9-11-13-16-28(30)31-18-14-17-29(6)7/h22-27H,8-21H2,1-7H3. The summed E-state index contributed by atoms with van der Waals surface area (Å²) in [6, 6.07) is 0. The van der Waals surface area contributed by atoms with Crippen LogP contribution in [-0.2, 0) is 9.53 Å². The van der Waals surface area contributed by atoms with Crippen molar-refractivity contribution < 1.29 is 9.53 Å². The van der Waals surface area contributed by atoms with Crippen LogP contribution in [0.25, 0.3) is 0 Å². The topological polar surface area (TPSA) is 29.5 Å². The van der Waals surface area contributed by atoms with Gasteiger partial charge in [-0.1, -0.05) is 73.1 Å². The van der Waals surface area contributed by atoms with Gasteiger partial charge >= 0.3 is 5.97 Å². The molecule has 1 saturated carbocycles. The molecule has 6 atom stereocenters. The molecule has 184 valence electrons. The van der Waals surface area contributed by atoms with Crippen LogP contribution < -0.4 is 0 Å². The van der Waals surface area contributed by atoms with E-state index in [-0.39, 0.29) is 5.97 Å². The number of rotatable bonds is 19. The molecule has 0 heterocycles. The number of ether oxygens (including phenoxy) is 1. The van der Waals surface area contributed by atoms with Crippen LogP contribution in [0, 0.1) is 35.5 Å². The number of nitrogens with zero attached hydrogens (tertiary/aromatic N) is 1. The molecule has 1 aliphatic rings. The summed E-state index contributed by atoms with van der Waals surface area (Å²) in [5.41, 5.74) is 0. The van der Waals surface area contributed by atoms with E-state index in [1.165, 1.54) is 51.4 Å². The summed E-state index contributed by atoms with van der Waals surface area (Å²) >= 11 is 0. The van der Waals surface area contributed by atoms with E-state index in [0.29, 0.717) is 13.0 Å². The normalized spacial score (nSPS) is 22.2. The number of hydrogen-bond donors (Lipinski definition) is 0. The van der Waals surface area contributed by atoms with Gasteiger partial charge in [0.2, 0.25) is 0 Å². The highest BCUT2D eigenvalue weighted by atomic mass is 16.5. The van der Waals surface area contributed by atoms with Gasteiger partial charge in [-0.3, -0.25) is 4.79 Å². The summed E-state index contributed by atoms with van der Waals surface area (Å²) in [6.45, 7) is 13.7. The molecule has 1 aliphatic carbocycles. The molecule has 0 amide bonds. The largest absolute Gasteiger partial charge is 0.466 e. The van der Waals surface area contributed by atoms with Gasteiger partial charge in [-0.25, -0.2) is 0 Å². The first-order chi connectivity index (χ1) is 14.7. The molecule has 6 unspecified atom stereocenters. The zero-order chi connectivity index (χ0) is 23.2. The Labute approximate surface area is 195 Å². The minimum atomic E-state index is -0.0156. The molecule has 0 aromatic heterocycles. The van der Waals surface area contributed by atoms with Gasteiger partial charge in [-0.2, -0.15) is 0 Å². The van der Waals surface area contributed by atoms with Crippen LogP contribution in [0.5, 0.6) is 0 Å². The Kier molecular flexibility index (Phi) is 14.8. The lowest BCUT2D eigenvalue weighted by Gasteiger charge is -2.21. The molecule has 3 heteroatoms. The van der Waals surface area contributed by atoms with E-state index in [1.807, 2.05) is 14.1 Å². The highest BCUT2D eigenvalue weighted by Crippen LogP contribution is 2.49. The van der Waals surface area contributed by atoms with E-state index in [9.17, 15) is 4.79 Å². The van der Waals surface area contributed by atoms with Gasteiger partial charge in [0.05, 0.1) is 6.61 Å². The second-order valence-corrected chi connectivity index (χ2v) is 11.2. The maximum absolute atomic E-state index is 11.7. The molecule has 0 spiro atoms. The third kappa shape index (κ3) is 13.5. The number of hydrogen-bond acceptors (Lipinski definition) is 3. The van der Waals surface area contributed by atoms with Crippen molar-refractivity contribution in [3.8, 4) is 0 Å². The molecule has 0 aliphatic heterocycles. The van der Waals surface area contributed by atoms with Crippen molar-refractivity contribution >= 4 is 5.97 Å². The summed E-state index contributed by atoms with van der Waals surface area (Å²) < 4.78 is 5.29. The van der Waals surface area contributed by atoms with E-state index < -0.39 is 0 Å². The van der Waals surface area contributed by atoms with Gasteiger partial charge in [0.15, 0.2) is 0 Å². The Hall–Kier alpha value is -0.570. The fraction of sp³-hybridized carbons (Fsp3) is 0.964. The lowest BCUT2D eigenvalue weighted by atomic mass is 9.85. The number of carbonyl (C=O) groups is 1. The smallest absolute Gasteiger partial charge is 0.305 e. The number of carbonyl (C=O) groups excluding carboxylic acids is 1. The van der Waals surface area contributed by atoms with Crippen molar-refractivity contribution in [1.82, 2.24) is 4.90 Å². The Bertz CT molecular complexity index is 464. The molecular weight excluding hydrogens is 382 g/mol. The maximum Gasteiger partial charge on any atom is 0.305 e. The molecule has 0 N–H and O–H groups in total. The van der Waals surface area contributed by atoms with Crippen molar-refractivity contribution in [2.45, 2.75) is 112 Å². The summed E-state index contributed by atoms with van der Waals surface area (Å²) in [4.78, 5) is 13.8. The second kappa shape index (κ2) is 16.1. The highest BCUT2D eigenvalue weighted by molar-refractivity contribution is 5.69. The maximum atomic E-state index is 11.7. The Morgan fingerprint density at radius 2 is 1.42 bits per heavy atom. The first-order valence-corrected chi connectivity index (χ1v) is 13.5. The molecule has 0 bridgehead atoms. The molecule has 31 heavy (non-hydrogen) atoms. The van der Waals surface area contributed by atoms with Crippen LogP contribution >= 0.6 is 0 Å². The predicted octanol–water partition coefficient (Wildman–Crippen LogP) is 7.58. The van der Waals surface area contributed by atoms with Crippen LogP contribution in [0.3, 0.4) is 0 Å². The quantitative estimate of drug-likeness (QED) is 0.154. The van der Waals surface area contributed by atoms with Gasteiger partial charge in [-0.05, 0) is 81.7 Å². The van der Waals surface area contributed by atoms with Crippen molar-refractivity contribution in [1.29, 1.82) is 0 Å². The van der Waals surface area contributed by atoms with Gasteiger partial charge in [0.1, 0.15) is 0 Å². The SMILES string of the molecule is CCC(C)C(C)CC1CC1CC(C)C(C)CCCCCCCC(=O)OCCCN(C)C. The minimum Gasteiger partial charge on any atom is -0.466 e. The average molecular weight is 438 g/mol. The molecule has 3 nitrogen and oxygen atoms in total. The Morgan fingerprint density at radius 3 is 2.03 bits per heavy atom. The zero-order valence-electron chi connectivity index (χ0n) is 22.1. The molecule has 0 aromatic rings. The van der Waals surface area contributed by atoms with Crippen molar-refractivity contribution in [2.75, 3.05) is 27.2 Å². The third-order valence-corrected chi connectivity index (χ3v) is 8.06. The fourth-order valence-electron chi connectivity index (χ4n) is 4.90. The van der Waals surface area contributed by atoms with Crippen molar-refractivity contribution in [3.63, 3.8) is 0 Å². The number of unbranched alkanes of at least 4 members (excludes halogenated alkanes) is 4. The second-order valence-electron chi connectivity index (χ2n) is 11.2. The van der Waals surface area contributed by atoms with E-state index in [0.717, 1.165) is 61.3 Å². The summed E-state index contributed by atoms with van der Waals surface area (Å²) in [6.07, 6.45) is 14.7. The lowest BCUT2D eigenvalue weighted by Crippen LogP contribution is -2.16. The van der Waals surface area contributed by atoms with E-state index in [2.05, 4.69) is 39.5 Å². The zero-order valence-corrected chi connectivity index (χ0v) is 22.1. The van der Waals surface area contributed by atoms with Crippen LogP contribution in [0.15, 0.2) is 0 Å². The van der Waals surface area contributed by atoms with Crippen LogP contribution in [0.4, 0.5) is 0 Å². The van der Waals surface area contributed by atoms with Crippen LogP contribution in [-0.4, -0.2) is 38.1 Å². The van der Waals surface area contributed by atoms with Crippen molar-refractivity contribution in [3.05, 3.63) is 0 Å². The van der Waals surface area contributed by atoms with Crippen molar-refractivity contribution in [2.24, 2.45) is 35.5 Å². The highest BCUT2D eigenvalue weighted by Gasteiger charge is 2.39. The van der Waals surface area contributed by atoms with E-state index in [4.69, 9.17) is 4.74 Å². The van der Waals surface area contributed by atoms with Crippen LogP contribution in [0.2, 0.25) is 0 Å². The summed E-state index contributed by atoms with van der Waals surface area (Å²) in [5, 5.41) is 0. The van der Waals surface area contributed by atoms with E-state index in [1.54, 1.807) is 0 Å². The van der Waals surface area contributed by atoms with E-state index >= 15 is 0 Å². The average Bonchev–Trinajstić information content (AvgIpc) is 3.46.